The molecule has 2 N–H and O–H groups in total. The van der Waals surface area contributed by atoms with Crippen LogP contribution in [0.25, 0.3) is 0 Å². The molecule has 22 heavy (non-hydrogen) atoms. The Morgan fingerprint density at radius 2 is 2.05 bits per heavy atom. The van der Waals surface area contributed by atoms with Gasteiger partial charge in [-0.05, 0) is 42.8 Å². The summed E-state index contributed by atoms with van der Waals surface area (Å²) in [5, 5.41) is 2.08. The third kappa shape index (κ3) is 4.68. The fourth-order valence-electron chi connectivity index (χ4n) is 2.49. The molecule has 0 radical (unpaired) electrons. The van der Waals surface area contributed by atoms with Gasteiger partial charge in [-0.3, -0.25) is 4.90 Å². The normalized spacial score (nSPS) is 18.3. The van der Waals surface area contributed by atoms with Crippen molar-refractivity contribution >= 4 is 33.4 Å². The summed E-state index contributed by atoms with van der Waals surface area (Å²) < 4.78 is 6.52. The van der Waals surface area contributed by atoms with Gasteiger partial charge in [0.25, 0.3) is 0 Å². The van der Waals surface area contributed by atoms with Gasteiger partial charge in [0.1, 0.15) is 5.60 Å². The lowest BCUT2D eigenvalue weighted by Crippen LogP contribution is -2.51. The molecule has 1 saturated heterocycles. The van der Waals surface area contributed by atoms with Crippen LogP contribution in [0.3, 0.4) is 0 Å². The summed E-state index contributed by atoms with van der Waals surface area (Å²) in [6.45, 7) is 9.24. The second-order valence-electron chi connectivity index (χ2n) is 6.42. The Balaban J connectivity index is 1.92. The maximum atomic E-state index is 12.1. The Kier molecular flexibility index (Phi) is 5.87. The van der Waals surface area contributed by atoms with Crippen molar-refractivity contribution in [3.8, 4) is 0 Å². The number of ether oxygens (including phenoxy) is 1. The predicted molar refractivity (Wildman–Crippen MR) is 93.2 cm³/mol. The van der Waals surface area contributed by atoms with E-state index in [1.54, 1.807) is 16.2 Å². The molecular weight excluding hydrogens is 366 g/mol. The fraction of sp³-hybridized carbons (Fsp3) is 0.667. The van der Waals surface area contributed by atoms with Crippen LogP contribution in [0, 0.1) is 0 Å². The molecule has 0 aliphatic carbocycles. The minimum Gasteiger partial charge on any atom is -0.444 e. The molecule has 0 aromatic carbocycles. The minimum atomic E-state index is -0.447. The van der Waals surface area contributed by atoms with Crippen molar-refractivity contribution < 1.29 is 9.53 Å². The van der Waals surface area contributed by atoms with E-state index in [2.05, 4.69) is 32.3 Å². The molecule has 0 spiro atoms. The molecule has 0 bridgehead atoms. The first kappa shape index (κ1) is 17.7. The minimum absolute atomic E-state index is 0.220. The molecule has 1 unspecified atom stereocenters. The Labute approximate surface area is 144 Å². The molecular formula is C15H24BrN3O2S. The SMILES string of the molecule is CC(C)(C)OC(=O)N1CCN(C(CN)c2cc(Br)cs2)CC1. The van der Waals surface area contributed by atoms with Crippen molar-refractivity contribution in [2.75, 3.05) is 32.7 Å². The van der Waals surface area contributed by atoms with Crippen LogP contribution in [0.15, 0.2) is 15.9 Å². The van der Waals surface area contributed by atoms with E-state index in [1.807, 2.05) is 20.8 Å². The Hall–Kier alpha value is -0.630. The van der Waals surface area contributed by atoms with Crippen molar-refractivity contribution in [2.24, 2.45) is 5.73 Å². The van der Waals surface area contributed by atoms with Crippen molar-refractivity contribution in [1.82, 2.24) is 9.80 Å². The topological polar surface area (TPSA) is 58.8 Å². The Morgan fingerprint density at radius 3 is 2.50 bits per heavy atom. The summed E-state index contributed by atoms with van der Waals surface area (Å²) in [5.74, 6) is 0. The summed E-state index contributed by atoms with van der Waals surface area (Å²) >= 11 is 5.21. The summed E-state index contributed by atoms with van der Waals surface area (Å²) in [5.41, 5.74) is 5.52. The first-order valence-corrected chi connectivity index (χ1v) is 9.13. The molecule has 1 aromatic heterocycles. The molecule has 1 atom stereocenters. The van der Waals surface area contributed by atoms with E-state index in [4.69, 9.17) is 10.5 Å². The Morgan fingerprint density at radius 1 is 1.41 bits per heavy atom. The van der Waals surface area contributed by atoms with Gasteiger partial charge in [0.2, 0.25) is 0 Å². The molecule has 2 heterocycles. The predicted octanol–water partition coefficient (Wildman–Crippen LogP) is 3.06. The number of nitrogens with zero attached hydrogens (tertiary/aromatic N) is 2. The number of carbonyl (C=O) groups excluding carboxylic acids is 1. The average Bonchev–Trinajstić information content (AvgIpc) is 2.85. The Bertz CT molecular complexity index is 507. The van der Waals surface area contributed by atoms with Gasteiger partial charge in [-0.15, -0.1) is 11.3 Å². The molecule has 1 fully saturated rings. The number of rotatable bonds is 3. The molecule has 1 aromatic rings. The number of amides is 1. The van der Waals surface area contributed by atoms with Crippen molar-refractivity contribution in [2.45, 2.75) is 32.4 Å². The summed E-state index contributed by atoms with van der Waals surface area (Å²) in [6.07, 6.45) is -0.227. The number of hydrogen-bond donors (Lipinski definition) is 1. The monoisotopic (exact) mass is 389 g/mol. The van der Waals surface area contributed by atoms with Crippen molar-refractivity contribution in [3.63, 3.8) is 0 Å². The quantitative estimate of drug-likeness (QED) is 0.862. The van der Waals surface area contributed by atoms with Gasteiger partial charge in [0.15, 0.2) is 0 Å². The highest BCUT2D eigenvalue weighted by atomic mass is 79.9. The van der Waals surface area contributed by atoms with Gasteiger partial charge >= 0.3 is 6.09 Å². The fourth-order valence-corrected chi connectivity index (χ4v) is 4.08. The van der Waals surface area contributed by atoms with Gasteiger partial charge in [0, 0.05) is 47.5 Å². The highest BCUT2D eigenvalue weighted by molar-refractivity contribution is 9.10. The number of nitrogens with two attached hydrogens (primary N) is 1. The van der Waals surface area contributed by atoms with Crippen LogP contribution in [0.5, 0.6) is 0 Å². The van der Waals surface area contributed by atoms with Gasteiger partial charge in [0.05, 0.1) is 6.04 Å². The van der Waals surface area contributed by atoms with Gasteiger partial charge < -0.3 is 15.4 Å². The molecule has 7 heteroatoms. The zero-order chi connectivity index (χ0) is 16.3. The second-order valence-corrected chi connectivity index (χ2v) is 8.28. The van der Waals surface area contributed by atoms with Crippen molar-refractivity contribution in [1.29, 1.82) is 0 Å². The third-order valence-electron chi connectivity index (χ3n) is 3.55. The number of hydrogen-bond acceptors (Lipinski definition) is 5. The first-order valence-electron chi connectivity index (χ1n) is 7.46. The number of halogens is 1. The van der Waals surface area contributed by atoms with Gasteiger partial charge in [-0.1, -0.05) is 0 Å². The maximum Gasteiger partial charge on any atom is 0.410 e. The largest absolute Gasteiger partial charge is 0.444 e. The second kappa shape index (κ2) is 7.29. The smallest absolute Gasteiger partial charge is 0.410 e. The van der Waals surface area contributed by atoms with Gasteiger partial charge in [-0.2, -0.15) is 0 Å². The van der Waals surface area contributed by atoms with E-state index in [1.165, 1.54) is 4.88 Å². The molecule has 1 amide bonds. The van der Waals surface area contributed by atoms with Crippen LogP contribution in [0.2, 0.25) is 0 Å². The summed E-state index contributed by atoms with van der Waals surface area (Å²) in [7, 11) is 0. The maximum absolute atomic E-state index is 12.1. The average molecular weight is 390 g/mol. The molecule has 5 nitrogen and oxygen atoms in total. The van der Waals surface area contributed by atoms with E-state index >= 15 is 0 Å². The zero-order valence-corrected chi connectivity index (χ0v) is 15.7. The molecule has 124 valence electrons. The standard InChI is InChI=1S/C15H24BrN3O2S/c1-15(2,3)21-14(20)19-6-4-18(5-7-19)12(9-17)13-8-11(16)10-22-13/h8,10,12H,4-7,9,17H2,1-3H3. The van der Waals surface area contributed by atoms with E-state index in [-0.39, 0.29) is 12.1 Å². The van der Waals surface area contributed by atoms with Crippen LogP contribution >= 0.6 is 27.3 Å². The summed E-state index contributed by atoms with van der Waals surface area (Å²) in [4.78, 5) is 17.5. The van der Waals surface area contributed by atoms with Gasteiger partial charge in [-0.25, -0.2) is 4.79 Å². The lowest BCUT2D eigenvalue weighted by atomic mass is 10.1. The van der Waals surface area contributed by atoms with Crippen molar-refractivity contribution in [3.05, 3.63) is 20.8 Å². The molecule has 1 aliphatic heterocycles. The van der Waals surface area contributed by atoms with E-state index < -0.39 is 5.60 Å². The van der Waals surface area contributed by atoms with Crippen LogP contribution in [-0.4, -0.2) is 54.2 Å². The van der Waals surface area contributed by atoms with Crippen LogP contribution in [-0.2, 0) is 4.74 Å². The molecule has 1 aliphatic rings. The highest BCUT2D eigenvalue weighted by Crippen LogP contribution is 2.29. The van der Waals surface area contributed by atoms with Crippen LogP contribution < -0.4 is 5.73 Å². The van der Waals surface area contributed by atoms with E-state index in [0.717, 1.165) is 17.6 Å². The lowest BCUT2D eigenvalue weighted by molar-refractivity contribution is 0.0108. The number of thiophene rings is 1. The lowest BCUT2D eigenvalue weighted by Gasteiger charge is -2.39. The van der Waals surface area contributed by atoms with E-state index in [0.29, 0.717) is 19.6 Å². The highest BCUT2D eigenvalue weighted by Gasteiger charge is 2.29. The van der Waals surface area contributed by atoms with Crippen LogP contribution in [0.1, 0.15) is 31.7 Å². The zero-order valence-electron chi connectivity index (χ0n) is 13.3. The molecule has 2 rings (SSSR count). The summed E-state index contributed by atoms with van der Waals surface area (Å²) in [6, 6.07) is 2.35. The molecule has 0 saturated carbocycles. The van der Waals surface area contributed by atoms with E-state index in [9.17, 15) is 4.79 Å². The van der Waals surface area contributed by atoms with Crippen LogP contribution in [0.4, 0.5) is 4.79 Å². The third-order valence-corrected chi connectivity index (χ3v) is 5.34. The number of piperazine rings is 1. The number of carbonyl (C=O) groups is 1. The first-order chi connectivity index (χ1) is 10.3.